The van der Waals surface area contributed by atoms with Crippen molar-refractivity contribution in [2.45, 2.75) is 11.4 Å². The number of rotatable bonds is 7. The van der Waals surface area contributed by atoms with E-state index in [1.807, 2.05) is 24.3 Å². The SMILES string of the molecule is COc1ccc(CN(C)C(=O)c2cc(NS(=O)(=O)c3ccccc3)ccc2Cl)cc1. The molecule has 0 atom stereocenters. The second-order valence-corrected chi connectivity index (χ2v) is 8.71. The number of ether oxygens (including phenoxy) is 1. The van der Waals surface area contributed by atoms with Crippen molar-refractivity contribution >= 4 is 33.2 Å². The van der Waals surface area contributed by atoms with E-state index in [1.54, 1.807) is 32.4 Å². The molecule has 0 aliphatic heterocycles. The van der Waals surface area contributed by atoms with Crippen LogP contribution in [-0.2, 0) is 16.6 Å². The first-order valence-electron chi connectivity index (χ1n) is 9.06. The molecule has 0 aliphatic carbocycles. The zero-order chi connectivity index (χ0) is 21.7. The molecule has 0 saturated carbocycles. The highest BCUT2D eigenvalue weighted by molar-refractivity contribution is 7.92. The van der Waals surface area contributed by atoms with Crippen LogP contribution in [0, 0.1) is 0 Å². The van der Waals surface area contributed by atoms with Gasteiger partial charge >= 0.3 is 0 Å². The second-order valence-electron chi connectivity index (χ2n) is 6.62. The Balaban J connectivity index is 1.79. The highest BCUT2D eigenvalue weighted by Gasteiger charge is 2.19. The highest BCUT2D eigenvalue weighted by atomic mass is 35.5. The molecular weight excluding hydrogens is 424 g/mol. The van der Waals surface area contributed by atoms with Crippen LogP contribution in [0.4, 0.5) is 5.69 Å². The number of amides is 1. The first-order chi connectivity index (χ1) is 14.3. The zero-order valence-corrected chi connectivity index (χ0v) is 18.1. The first kappa shape index (κ1) is 21.7. The molecule has 30 heavy (non-hydrogen) atoms. The van der Waals surface area contributed by atoms with E-state index in [2.05, 4.69) is 4.72 Å². The van der Waals surface area contributed by atoms with Crippen molar-refractivity contribution < 1.29 is 17.9 Å². The second kappa shape index (κ2) is 9.19. The predicted octanol–water partition coefficient (Wildman–Crippen LogP) is 4.42. The van der Waals surface area contributed by atoms with Crippen molar-refractivity contribution in [3.8, 4) is 5.75 Å². The molecule has 0 radical (unpaired) electrons. The van der Waals surface area contributed by atoms with Crippen LogP contribution in [0.3, 0.4) is 0 Å². The summed E-state index contributed by atoms with van der Waals surface area (Å²) >= 11 is 6.22. The Morgan fingerprint density at radius 2 is 1.70 bits per heavy atom. The van der Waals surface area contributed by atoms with E-state index < -0.39 is 10.0 Å². The molecule has 6 nitrogen and oxygen atoms in total. The summed E-state index contributed by atoms with van der Waals surface area (Å²) in [7, 11) is -0.529. The fourth-order valence-corrected chi connectivity index (χ4v) is 4.12. The van der Waals surface area contributed by atoms with Crippen LogP contribution in [0.15, 0.2) is 77.7 Å². The van der Waals surface area contributed by atoms with Crippen LogP contribution in [0.25, 0.3) is 0 Å². The number of anilines is 1. The van der Waals surface area contributed by atoms with Gasteiger partial charge in [-0.15, -0.1) is 0 Å². The minimum atomic E-state index is -3.77. The molecule has 3 aromatic carbocycles. The number of hydrogen-bond acceptors (Lipinski definition) is 4. The average molecular weight is 445 g/mol. The quantitative estimate of drug-likeness (QED) is 0.585. The van der Waals surface area contributed by atoms with Gasteiger partial charge in [0.2, 0.25) is 0 Å². The van der Waals surface area contributed by atoms with Gasteiger partial charge in [-0.3, -0.25) is 9.52 Å². The van der Waals surface area contributed by atoms with E-state index >= 15 is 0 Å². The molecule has 0 saturated heterocycles. The van der Waals surface area contributed by atoms with Gasteiger partial charge in [-0.05, 0) is 48.0 Å². The minimum Gasteiger partial charge on any atom is -0.497 e. The van der Waals surface area contributed by atoms with E-state index in [0.29, 0.717) is 6.54 Å². The molecule has 0 heterocycles. The minimum absolute atomic E-state index is 0.129. The lowest BCUT2D eigenvalue weighted by Crippen LogP contribution is -2.26. The van der Waals surface area contributed by atoms with Crippen LogP contribution < -0.4 is 9.46 Å². The number of benzene rings is 3. The Bertz CT molecular complexity index is 1130. The van der Waals surface area contributed by atoms with Gasteiger partial charge in [0.25, 0.3) is 15.9 Å². The van der Waals surface area contributed by atoms with E-state index in [0.717, 1.165) is 11.3 Å². The van der Waals surface area contributed by atoms with Crippen molar-refractivity contribution in [1.82, 2.24) is 4.90 Å². The normalized spacial score (nSPS) is 11.0. The predicted molar refractivity (Wildman–Crippen MR) is 117 cm³/mol. The Hall–Kier alpha value is -3.03. The van der Waals surface area contributed by atoms with Crippen LogP contribution in [0.2, 0.25) is 5.02 Å². The van der Waals surface area contributed by atoms with Crippen LogP contribution in [-0.4, -0.2) is 33.4 Å². The van der Waals surface area contributed by atoms with Gasteiger partial charge in [-0.2, -0.15) is 0 Å². The smallest absolute Gasteiger partial charge is 0.261 e. The Morgan fingerprint density at radius 3 is 2.33 bits per heavy atom. The number of nitrogens with one attached hydrogen (secondary N) is 1. The number of nitrogens with zero attached hydrogens (tertiary/aromatic N) is 1. The lowest BCUT2D eigenvalue weighted by atomic mass is 10.1. The molecule has 0 spiro atoms. The Labute approximate surface area is 181 Å². The summed E-state index contributed by atoms with van der Waals surface area (Å²) < 4.78 is 32.7. The molecule has 0 bridgehead atoms. The third kappa shape index (κ3) is 5.11. The fraction of sp³-hybridized carbons (Fsp3) is 0.136. The molecule has 156 valence electrons. The average Bonchev–Trinajstić information content (AvgIpc) is 2.75. The number of sulfonamides is 1. The van der Waals surface area contributed by atoms with Crippen molar-refractivity contribution in [2.24, 2.45) is 0 Å². The van der Waals surface area contributed by atoms with Crippen LogP contribution >= 0.6 is 11.6 Å². The molecule has 0 unspecified atom stereocenters. The fourth-order valence-electron chi connectivity index (χ4n) is 2.85. The molecule has 3 rings (SSSR count). The van der Waals surface area contributed by atoms with Gasteiger partial charge in [0.15, 0.2) is 0 Å². The lowest BCUT2D eigenvalue weighted by molar-refractivity contribution is 0.0785. The topological polar surface area (TPSA) is 75.7 Å². The van der Waals surface area contributed by atoms with E-state index in [9.17, 15) is 13.2 Å². The molecule has 8 heteroatoms. The molecule has 1 amide bonds. The van der Waals surface area contributed by atoms with Crippen LogP contribution in [0.1, 0.15) is 15.9 Å². The molecular formula is C22H21ClN2O4S. The number of hydrogen-bond donors (Lipinski definition) is 1. The summed E-state index contributed by atoms with van der Waals surface area (Å²) in [6.45, 7) is 0.360. The number of carbonyl (C=O) groups is 1. The summed E-state index contributed by atoms with van der Waals surface area (Å²) in [5.74, 6) is 0.408. The van der Waals surface area contributed by atoms with Crippen molar-refractivity contribution in [3.05, 3.63) is 88.9 Å². The summed E-state index contributed by atoms with van der Waals surface area (Å²) in [5, 5.41) is 0.240. The maximum Gasteiger partial charge on any atom is 0.261 e. The van der Waals surface area contributed by atoms with Gasteiger partial charge in [0, 0.05) is 19.3 Å². The third-order valence-electron chi connectivity index (χ3n) is 4.43. The molecule has 1 N–H and O–H groups in total. The summed E-state index contributed by atoms with van der Waals surface area (Å²) in [5.41, 5.74) is 1.38. The van der Waals surface area contributed by atoms with Crippen LogP contribution in [0.5, 0.6) is 5.75 Å². The lowest BCUT2D eigenvalue weighted by Gasteiger charge is -2.19. The maximum atomic E-state index is 12.9. The first-order valence-corrected chi connectivity index (χ1v) is 10.9. The van der Waals surface area contributed by atoms with Gasteiger partial charge < -0.3 is 9.64 Å². The van der Waals surface area contributed by atoms with Crippen molar-refractivity contribution in [3.63, 3.8) is 0 Å². The number of halogens is 1. The van der Waals surface area contributed by atoms with Crippen molar-refractivity contribution in [2.75, 3.05) is 18.9 Å². The molecule has 0 aliphatic rings. The summed E-state index contributed by atoms with van der Waals surface area (Å²) in [6, 6.07) is 19.8. The Kier molecular flexibility index (Phi) is 6.64. The monoisotopic (exact) mass is 444 g/mol. The largest absolute Gasteiger partial charge is 0.497 e. The summed E-state index contributed by atoms with van der Waals surface area (Å²) in [4.78, 5) is 14.6. The zero-order valence-electron chi connectivity index (χ0n) is 16.5. The summed E-state index contributed by atoms with van der Waals surface area (Å²) in [6.07, 6.45) is 0. The van der Waals surface area contributed by atoms with Gasteiger partial charge in [-0.25, -0.2) is 8.42 Å². The number of methoxy groups -OCH3 is 1. The van der Waals surface area contributed by atoms with Gasteiger partial charge in [-0.1, -0.05) is 41.9 Å². The molecule has 0 fully saturated rings. The highest BCUT2D eigenvalue weighted by Crippen LogP contribution is 2.24. The van der Waals surface area contributed by atoms with Gasteiger partial charge in [0.05, 0.1) is 22.6 Å². The van der Waals surface area contributed by atoms with E-state index in [-0.39, 0.29) is 27.1 Å². The van der Waals surface area contributed by atoms with Crippen molar-refractivity contribution in [1.29, 1.82) is 0 Å². The maximum absolute atomic E-state index is 12.9. The number of carbonyl (C=O) groups excluding carboxylic acids is 1. The molecule has 3 aromatic rings. The van der Waals surface area contributed by atoms with E-state index in [4.69, 9.17) is 16.3 Å². The third-order valence-corrected chi connectivity index (χ3v) is 6.15. The Morgan fingerprint density at radius 1 is 1.03 bits per heavy atom. The van der Waals surface area contributed by atoms with E-state index in [1.165, 1.54) is 35.2 Å². The van der Waals surface area contributed by atoms with Gasteiger partial charge in [0.1, 0.15) is 5.75 Å². The molecule has 0 aromatic heterocycles. The standard InChI is InChI=1S/C22H21ClN2O4S/c1-25(15-16-8-11-18(29-2)12-9-16)22(26)20-14-17(10-13-21(20)23)24-30(27,28)19-6-4-3-5-7-19/h3-14,24H,15H2,1-2H3.